The maximum absolute atomic E-state index is 5.67. The van der Waals surface area contributed by atoms with Crippen LogP contribution in [-0.2, 0) is 6.54 Å². The van der Waals surface area contributed by atoms with Crippen LogP contribution in [0.1, 0.15) is 24.2 Å². The van der Waals surface area contributed by atoms with Crippen LogP contribution < -0.4 is 15.4 Å². The second kappa shape index (κ2) is 8.77. The third-order valence-corrected chi connectivity index (χ3v) is 2.98. The van der Waals surface area contributed by atoms with Gasteiger partial charge >= 0.3 is 0 Å². The number of hydrogen-bond donors (Lipinski definition) is 2. The molecule has 0 aliphatic rings. The molecule has 0 amide bonds. The Morgan fingerprint density at radius 3 is 2.65 bits per heavy atom. The van der Waals surface area contributed by atoms with Gasteiger partial charge in [-0.3, -0.25) is 0 Å². The summed E-state index contributed by atoms with van der Waals surface area (Å²) in [5.41, 5.74) is 1.22. The molecule has 2 rings (SSSR count). The van der Waals surface area contributed by atoms with Gasteiger partial charge in [0, 0.05) is 13.5 Å². The lowest BCUT2D eigenvalue weighted by molar-refractivity contribution is 0.322. The molecular formula is C16H23N5O2. The maximum Gasteiger partial charge on any atom is 0.223 e. The first-order chi connectivity index (χ1) is 11.2. The molecule has 0 atom stereocenters. The Morgan fingerprint density at radius 1 is 1.22 bits per heavy atom. The van der Waals surface area contributed by atoms with Gasteiger partial charge in [0.1, 0.15) is 18.9 Å². The van der Waals surface area contributed by atoms with Crippen LogP contribution in [0.25, 0.3) is 0 Å². The van der Waals surface area contributed by atoms with E-state index >= 15 is 0 Å². The van der Waals surface area contributed by atoms with E-state index < -0.39 is 0 Å². The van der Waals surface area contributed by atoms with Crippen molar-refractivity contribution in [1.29, 1.82) is 0 Å². The van der Waals surface area contributed by atoms with E-state index in [1.54, 1.807) is 6.92 Å². The van der Waals surface area contributed by atoms with Crippen LogP contribution in [0.4, 0.5) is 0 Å². The van der Waals surface area contributed by atoms with E-state index in [1.807, 2.05) is 31.2 Å². The van der Waals surface area contributed by atoms with E-state index in [4.69, 9.17) is 9.26 Å². The Morgan fingerprint density at radius 2 is 2.00 bits per heavy atom. The Labute approximate surface area is 136 Å². The predicted octanol–water partition coefficient (Wildman–Crippen LogP) is 1.82. The molecule has 0 bridgehead atoms. The number of aliphatic imine (C=N–C) groups is 1. The molecule has 23 heavy (non-hydrogen) atoms. The first kappa shape index (κ1) is 16.8. The van der Waals surface area contributed by atoms with Crippen LogP contribution in [0.5, 0.6) is 5.75 Å². The van der Waals surface area contributed by atoms with Crippen molar-refractivity contribution in [2.24, 2.45) is 4.99 Å². The van der Waals surface area contributed by atoms with Gasteiger partial charge in [0.2, 0.25) is 5.89 Å². The van der Waals surface area contributed by atoms with E-state index in [1.165, 1.54) is 5.56 Å². The number of rotatable bonds is 7. The monoisotopic (exact) mass is 317 g/mol. The van der Waals surface area contributed by atoms with Crippen molar-refractivity contribution in [3.05, 3.63) is 41.5 Å². The van der Waals surface area contributed by atoms with Gasteiger partial charge in [-0.05, 0) is 26.0 Å². The third-order valence-electron chi connectivity index (χ3n) is 2.98. The normalized spacial score (nSPS) is 11.3. The van der Waals surface area contributed by atoms with E-state index in [2.05, 4.69) is 32.7 Å². The van der Waals surface area contributed by atoms with Crippen molar-refractivity contribution >= 4 is 5.96 Å². The predicted molar refractivity (Wildman–Crippen MR) is 88.5 cm³/mol. The lowest BCUT2D eigenvalue weighted by Crippen LogP contribution is -2.39. The zero-order chi connectivity index (χ0) is 16.5. The molecule has 1 aromatic heterocycles. The summed E-state index contributed by atoms with van der Waals surface area (Å²) in [6.45, 7) is 8.15. The fourth-order valence-electron chi connectivity index (χ4n) is 1.87. The van der Waals surface area contributed by atoms with Gasteiger partial charge in [0.25, 0.3) is 0 Å². The highest BCUT2D eigenvalue weighted by molar-refractivity contribution is 5.79. The zero-order valence-electron chi connectivity index (χ0n) is 13.8. The number of hydrogen-bond acceptors (Lipinski definition) is 5. The number of aryl methyl sites for hydroxylation is 2. The van der Waals surface area contributed by atoms with Crippen LogP contribution in [-0.4, -0.2) is 35.8 Å². The summed E-state index contributed by atoms with van der Waals surface area (Å²) in [7, 11) is 0. The van der Waals surface area contributed by atoms with Crippen molar-refractivity contribution in [3.8, 4) is 5.75 Å². The van der Waals surface area contributed by atoms with Crippen molar-refractivity contribution in [3.63, 3.8) is 0 Å². The average molecular weight is 317 g/mol. The zero-order valence-corrected chi connectivity index (χ0v) is 13.8. The van der Waals surface area contributed by atoms with E-state index in [-0.39, 0.29) is 0 Å². The quantitative estimate of drug-likeness (QED) is 0.460. The van der Waals surface area contributed by atoms with Crippen LogP contribution in [0.2, 0.25) is 0 Å². The highest BCUT2D eigenvalue weighted by Gasteiger charge is 2.02. The molecule has 0 saturated carbocycles. The Kier molecular flexibility index (Phi) is 6.40. The van der Waals surface area contributed by atoms with Crippen molar-refractivity contribution in [2.45, 2.75) is 27.3 Å². The van der Waals surface area contributed by atoms with Gasteiger partial charge in [-0.1, -0.05) is 22.9 Å². The number of nitrogens with one attached hydrogen (secondary N) is 2. The summed E-state index contributed by atoms with van der Waals surface area (Å²) in [5, 5.41) is 10.2. The molecule has 0 spiro atoms. The third kappa shape index (κ3) is 5.98. The molecule has 2 aromatic rings. The average Bonchev–Trinajstić information content (AvgIpc) is 2.96. The van der Waals surface area contributed by atoms with Crippen molar-refractivity contribution < 1.29 is 9.26 Å². The highest BCUT2D eigenvalue weighted by atomic mass is 16.5. The highest BCUT2D eigenvalue weighted by Crippen LogP contribution is 2.10. The number of nitrogens with zero attached hydrogens (tertiary/aromatic N) is 3. The summed E-state index contributed by atoms with van der Waals surface area (Å²) in [6, 6.07) is 7.99. The van der Waals surface area contributed by atoms with Crippen LogP contribution >= 0.6 is 0 Å². The van der Waals surface area contributed by atoms with Gasteiger partial charge in [-0.25, -0.2) is 4.99 Å². The first-order valence-electron chi connectivity index (χ1n) is 7.68. The first-order valence-corrected chi connectivity index (χ1v) is 7.68. The number of benzene rings is 1. The molecule has 124 valence electrons. The number of guanidine groups is 1. The minimum atomic E-state index is 0.367. The second-order valence-corrected chi connectivity index (χ2v) is 5.01. The molecule has 0 fully saturated rings. The lowest BCUT2D eigenvalue weighted by Gasteiger charge is -2.11. The Hall–Kier alpha value is -2.57. The molecule has 0 aliphatic heterocycles. The fourth-order valence-corrected chi connectivity index (χ4v) is 1.87. The number of ether oxygens (including phenoxy) is 1. The van der Waals surface area contributed by atoms with Crippen molar-refractivity contribution in [1.82, 2.24) is 20.8 Å². The molecule has 0 saturated heterocycles. The standard InChI is InChI=1S/C16H23N5O2/c1-4-17-16(19-11-15-20-13(3)23-21-15)18-9-10-22-14-7-5-12(2)6-8-14/h5-8H,4,9-11H2,1-3H3,(H2,17,18,19). The lowest BCUT2D eigenvalue weighted by atomic mass is 10.2. The van der Waals surface area contributed by atoms with E-state index in [9.17, 15) is 0 Å². The molecule has 7 heteroatoms. The summed E-state index contributed by atoms with van der Waals surface area (Å²) < 4.78 is 10.6. The largest absolute Gasteiger partial charge is 0.492 e. The molecule has 7 nitrogen and oxygen atoms in total. The molecule has 2 N–H and O–H groups in total. The topological polar surface area (TPSA) is 84.6 Å². The summed E-state index contributed by atoms with van der Waals surface area (Å²) in [5.74, 6) is 2.67. The van der Waals surface area contributed by atoms with Crippen LogP contribution in [0.15, 0.2) is 33.8 Å². The number of aromatic nitrogens is 2. The summed E-state index contributed by atoms with van der Waals surface area (Å²) in [6.07, 6.45) is 0. The molecular weight excluding hydrogens is 294 g/mol. The van der Waals surface area contributed by atoms with E-state index in [0.29, 0.717) is 37.4 Å². The van der Waals surface area contributed by atoms with Gasteiger partial charge in [-0.2, -0.15) is 4.98 Å². The summed E-state index contributed by atoms with van der Waals surface area (Å²) >= 11 is 0. The minimum absolute atomic E-state index is 0.367. The van der Waals surface area contributed by atoms with Crippen LogP contribution in [0, 0.1) is 13.8 Å². The molecule has 0 radical (unpaired) electrons. The second-order valence-electron chi connectivity index (χ2n) is 5.01. The Bertz CT molecular complexity index is 622. The van der Waals surface area contributed by atoms with Gasteiger partial charge in [0.15, 0.2) is 11.8 Å². The fraction of sp³-hybridized carbons (Fsp3) is 0.438. The van der Waals surface area contributed by atoms with Crippen LogP contribution in [0.3, 0.4) is 0 Å². The molecule has 0 unspecified atom stereocenters. The smallest absolute Gasteiger partial charge is 0.223 e. The molecule has 1 heterocycles. The molecule has 1 aromatic carbocycles. The van der Waals surface area contributed by atoms with Crippen molar-refractivity contribution in [2.75, 3.05) is 19.7 Å². The van der Waals surface area contributed by atoms with Gasteiger partial charge < -0.3 is 19.9 Å². The minimum Gasteiger partial charge on any atom is -0.492 e. The summed E-state index contributed by atoms with van der Waals surface area (Å²) in [4.78, 5) is 8.53. The Balaban J connectivity index is 1.76. The molecule has 0 aliphatic carbocycles. The SMILES string of the molecule is CCNC(=NCc1noc(C)n1)NCCOc1ccc(C)cc1. The van der Waals surface area contributed by atoms with Gasteiger partial charge in [-0.15, -0.1) is 0 Å². The van der Waals surface area contributed by atoms with Gasteiger partial charge in [0.05, 0.1) is 6.54 Å². The van der Waals surface area contributed by atoms with E-state index in [0.717, 1.165) is 12.3 Å². The maximum atomic E-state index is 5.67.